The van der Waals surface area contributed by atoms with Gasteiger partial charge in [-0.2, -0.15) is 0 Å². The summed E-state index contributed by atoms with van der Waals surface area (Å²) in [5.74, 6) is 0.124. The topological polar surface area (TPSA) is 29.5 Å². The Morgan fingerprint density at radius 1 is 1.38 bits per heavy atom. The standard InChI is InChI=1S/C13H17NO2/c1-2-11-4-3-5-12(10-11)13(15)14-6-8-16-9-7-14/h3-5,10H,2,6-9H2,1H3. The lowest BCUT2D eigenvalue weighted by Crippen LogP contribution is -2.40. The Morgan fingerprint density at radius 3 is 2.81 bits per heavy atom. The van der Waals surface area contributed by atoms with Crippen LogP contribution in [0.4, 0.5) is 0 Å². The normalized spacial score (nSPS) is 16.2. The van der Waals surface area contributed by atoms with E-state index in [2.05, 4.69) is 13.0 Å². The molecule has 0 spiro atoms. The van der Waals surface area contributed by atoms with Crippen LogP contribution in [0.2, 0.25) is 0 Å². The molecule has 0 aromatic heterocycles. The Balaban J connectivity index is 2.12. The van der Waals surface area contributed by atoms with Crippen LogP contribution in [0.1, 0.15) is 22.8 Å². The molecule has 2 rings (SSSR count). The SMILES string of the molecule is CCc1cccc(C(=O)N2CCOCC2)c1. The number of ether oxygens (including phenoxy) is 1. The van der Waals surface area contributed by atoms with Gasteiger partial charge in [0.25, 0.3) is 5.91 Å². The van der Waals surface area contributed by atoms with E-state index < -0.39 is 0 Å². The van der Waals surface area contributed by atoms with Crippen molar-refractivity contribution >= 4 is 5.91 Å². The maximum absolute atomic E-state index is 12.1. The van der Waals surface area contributed by atoms with Crippen LogP contribution in [0.5, 0.6) is 0 Å². The maximum Gasteiger partial charge on any atom is 0.254 e. The molecule has 1 saturated heterocycles. The fourth-order valence-electron chi connectivity index (χ4n) is 1.87. The summed E-state index contributed by atoms with van der Waals surface area (Å²) < 4.78 is 5.24. The maximum atomic E-state index is 12.1. The summed E-state index contributed by atoms with van der Waals surface area (Å²) in [5, 5.41) is 0. The van der Waals surface area contributed by atoms with Gasteiger partial charge in [-0.15, -0.1) is 0 Å². The summed E-state index contributed by atoms with van der Waals surface area (Å²) in [4.78, 5) is 14.0. The number of morpholine rings is 1. The van der Waals surface area contributed by atoms with Crippen LogP contribution in [0.15, 0.2) is 24.3 Å². The highest BCUT2D eigenvalue weighted by Crippen LogP contribution is 2.10. The van der Waals surface area contributed by atoms with Crippen LogP contribution < -0.4 is 0 Å². The molecule has 86 valence electrons. The Bertz CT molecular complexity index is 370. The van der Waals surface area contributed by atoms with Gasteiger partial charge in [0.05, 0.1) is 13.2 Å². The van der Waals surface area contributed by atoms with Crippen LogP contribution >= 0.6 is 0 Å². The molecular weight excluding hydrogens is 202 g/mol. The van der Waals surface area contributed by atoms with E-state index in [0.717, 1.165) is 12.0 Å². The molecule has 1 fully saturated rings. The van der Waals surface area contributed by atoms with Crippen molar-refractivity contribution in [1.82, 2.24) is 4.90 Å². The first-order chi connectivity index (χ1) is 7.81. The predicted octanol–water partition coefficient (Wildman–Crippen LogP) is 1.72. The van der Waals surface area contributed by atoms with Crippen molar-refractivity contribution in [3.8, 4) is 0 Å². The van der Waals surface area contributed by atoms with Gasteiger partial charge in [-0.1, -0.05) is 19.1 Å². The number of hydrogen-bond donors (Lipinski definition) is 0. The summed E-state index contributed by atoms with van der Waals surface area (Å²) in [6.07, 6.45) is 0.963. The van der Waals surface area contributed by atoms with Gasteiger partial charge in [-0.3, -0.25) is 4.79 Å². The van der Waals surface area contributed by atoms with Crippen molar-refractivity contribution < 1.29 is 9.53 Å². The molecule has 1 aromatic rings. The van der Waals surface area contributed by atoms with Crippen molar-refractivity contribution in [3.05, 3.63) is 35.4 Å². The molecule has 1 amide bonds. The smallest absolute Gasteiger partial charge is 0.254 e. The number of carbonyl (C=O) groups is 1. The van der Waals surface area contributed by atoms with E-state index in [4.69, 9.17) is 4.74 Å². The largest absolute Gasteiger partial charge is 0.378 e. The summed E-state index contributed by atoms with van der Waals surface area (Å²) >= 11 is 0. The van der Waals surface area contributed by atoms with Gasteiger partial charge >= 0.3 is 0 Å². The van der Waals surface area contributed by atoms with Gasteiger partial charge in [-0.05, 0) is 24.1 Å². The lowest BCUT2D eigenvalue weighted by atomic mass is 10.1. The van der Waals surface area contributed by atoms with E-state index in [1.54, 1.807) is 0 Å². The minimum Gasteiger partial charge on any atom is -0.378 e. The van der Waals surface area contributed by atoms with Crippen LogP contribution in [-0.2, 0) is 11.2 Å². The third kappa shape index (κ3) is 2.42. The second-order valence-electron chi connectivity index (χ2n) is 3.96. The van der Waals surface area contributed by atoms with Crippen LogP contribution in [0.25, 0.3) is 0 Å². The molecule has 16 heavy (non-hydrogen) atoms. The van der Waals surface area contributed by atoms with E-state index >= 15 is 0 Å². The molecule has 0 atom stereocenters. The summed E-state index contributed by atoms with van der Waals surface area (Å²) in [6, 6.07) is 7.87. The first-order valence-corrected chi connectivity index (χ1v) is 5.77. The second-order valence-corrected chi connectivity index (χ2v) is 3.96. The summed E-state index contributed by atoms with van der Waals surface area (Å²) in [7, 11) is 0. The number of carbonyl (C=O) groups excluding carboxylic acids is 1. The molecule has 0 saturated carbocycles. The van der Waals surface area contributed by atoms with Crippen molar-refractivity contribution in [2.24, 2.45) is 0 Å². The van der Waals surface area contributed by atoms with E-state index in [9.17, 15) is 4.79 Å². The highest BCUT2D eigenvalue weighted by molar-refractivity contribution is 5.94. The van der Waals surface area contributed by atoms with Crippen molar-refractivity contribution in [3.63, 3.8) is 0 Å². The van der Waals surface area contributed by atoms with Crippen LogP contribution in [0.3, 0.4) is 0 Å². The van der Waals surface area contributed by atoms with Crippen molar-refractivity contribution in [2.75, 3.05) is 26.3 Å². The Kier molecular flexibility index (Phi) is 3.57. The molecule has 3 heteroatoms. The Hall–Kier alpha value is -1.35. The molecule has 0 N–H and O–H groups in total. The molecule has 0 radical (unpaired) electrons. The monoisotopic (exact) mass is 219 g/mol. The zero-order valence-electron chi connectivity index (χ0n) is 9.61. The average molecular weight is 219 g/mol. The fraction of sp³-hybridized carbons (Fsp3) is 0.462. The number of rotatable bonds is 2. The molecule has 1 heterocycles. The van der Waals surface area contributed by atoms with Crippen LogP contribution in [0, 0.1) is 0 Å². The van der Waals surface area contributed by atoms with E-state index in [0.29, 0.717) is 26.3 Å². The fourth-order valence-corrected chi connectivity index (χ4v) is 1.87. The molecule has 3 nitrogen and oxygen atoms in total. The van der Waals surface area contributed by atoms with Gasteiger partial charge in [0, 0.05) is 18.7 Å². The summed E-state index contributed by atoms with van der Waals surface area (Å²) in [6.45, 7) is 4.81. The Labute approximate surface area is 96.0 Å². The van der Waals surface area contributed by atoms with Crippen LogP contribution in [-0.4, -0.2) is 37.1 Å². The van der Waals surface area contributed by atoms with E-state index in [1.165, 1.54) is 5.56 Å². The minimum atomic E-state index is 0.124. The molecule has 1 aromatic carbocycles. The lowest BCUT2D eigenvalue weighted by Gasteiger charge is -2.27. The van der Waals surface area contributed by atoms with E-state index in [1.807, 2.05) is 23.1 Å². The lowest BCUT2D eigenvalue weighted by molar-refractivity contribution is 0.0303. The first kappa shape index (κ1) is 11.1. The van der Waals surface area contributed by atoms with Crippen molar-refractivity contribution in [1.29, 1.82) is 0 Å². The van der Waals surface area contributed by atoms with Gasteiger partial charge in [-0.25, -0.2) is 0 Å². The Morgan fingerprint density at radius 2 is 2.12 bits per heavy atom. The minimum absolute atomic E-state index is 0.124. The number of aryl methyl sites for hydroxylation is 1. The molecule has 0 unspecified atom stereocenters. The first-order valence-electron chi connectivity index (χ1n) is 5.77. The van der Waals surface area contributed by atoms with E-state index in [-0.39, 0.29) is 5.91 Å². The number of nitrogens with zero attached hydrogens (tertiary/aromatic N) is 1. The quantitative estimate of drug-likeness (QED) is 0.758. The molecule has 1 aliphatic heterocycles. The average Bonchev–Trinajstić information content (AvgIpc) is 2.39. The highest BCUT2D eigenvalue weighted by Gasteiger charge is 2.18. The third-order valence-corrected chi connectivity index (χ3v) is 2.88. The van der Waals surface area contributed by atoms with Crippen molar-refractivity contribution in [2.45, 2.75) is 13.3 Å². The molecule has 0 aliphatic carbocycles. The zero-order chi connectivity index (χ0) is 11.4. The van der Waals surface area contributed by atoms with Gasteiger partial charge in [0.15, 0.2) is 0 Å². The predicted molar refractivity (Wildman–Crippen MR) is 62.5 cm³/mol. The third-order valence-electron chi connectivity index (χ3n) is 2.88. The summed E-state index contributed by atoms with van der Waals surface area (Å²) in [5.41, 5.74) is 2.00. The van der Waals surface area contributed by atoms with Gasteiger partial charge in [0.1, 0.15) is 0 Å². The number of amides is 1. The number of benzene rings is 1. The van der Waals surface area contributed by atoms with Gasteiger partial charge < -0.3 is 9.64 Å². The zero-order valence-corrected chi connectivity index (χ0v) is 9.61. The van der Waals surface area contributed by atoms with Gasteiger partial charge in [0.2, 0.25) is 0 Å². The molecular formula is C13H17NO2. The molecule has 1 aliphatic rings. The second kappa shape index (κ2) is 5.12. The molecule has 0 bridgehead atoms. The highest BCUT2D eigenvalue weighted by atomic mass is 16.5. The number of hydrogen-bond acceptors (Lipinski definition) is 2.